The van der Waals surface area contributed by atoms with Gasteiger partial charge in [-0.15, -0.1) is 11.3 Å². The van der Waals surface area contributed by atoms with E-state index >= 15 is 0 Å². The first-order valence-electron chi connectivity index (χ1n) is 11.7. The molecule has 12 heteroatoms. The Morgan fingerprint density at radius 3 is 2.72 bits per heavy atom. The van der Waals surface area contributed by atoms with Crippen molar-refractivity contribution in [2.45, 2.75) is 56.1 Å². The molecule has 0 radical (unpaired) electrons. The van der Waals surface area contributed by atoms with E-state index in [2.05, 4.69) is 15.6 Å². The van der Waals surface area contributed by atoms with Crippen molar-refractivity contribution < 1.29 is 27.2 Å². The average Bonchev–Trinajstić information content (AvgIpc) is 3.49. The topological polar surface area (TPSA) is 139 Å². The zero-order valence-electron chi connectivity index (χ0n) is 20.0. The van der Waals surface area contributed by atoms with Crippen LogP contribution in [-0.2, 0) is 19.6 Å². The molecule has 2 amide bonds. The lowest BCUT2D eigenvalue weighted by Crippen LogP contribution is -2.58. The summed E-state index contributed by atoms with van der Waals surface area (Å²) in [5.41, 5.74) is 0.541. The number of furan rings is 1. The summed E-state index contributed by atoms with van der Waals surface area (Å²) in [5.74, 6) is -1.56. The third-order valence-corrected chi connectivity index (χ3v) is 8.88. The number of para-hydroxylation sites is 1. The summed E-state index contributed by atoms with van der Waals surface area (Å²) in [7, 11) is -4.10. The first kappa shape index (κ1) is 26.0. The van der Waals surface area contributed by atoms with Crippen LogP contribution in [-0.4, -0.2) is 54.1 Å². The van der Waals surface area contributed by atoms with Gasteiger partial charge >= 0.3 is 0 Å². The lowest BCUT2D eigenvalue weighted by molar-refractivity contribution is -0.131. The molecule has 3 heterocycles. The second-order valence-corrected chi connectivity index (χ2v) is 12.0. The number of nitrogens with one attached hydrogen (secondary N) is 2. The fourth-order valence-electron chi connectivity index (χ4n) is 4.10. The van der Waals surface area contributed by atoms with Crippen LogP contribution in [0, 0.1) is 5.92 Å². The molecule has 2 atom stereocenters. The molecule has 1 unspecified atom stereocenters. The van der Waals surface area contributed by atoms with Gasteiger partial charge in [-0.2, -0.15) is 4.31 Å². The zero-order valence-corrected chi connectivity index (χ0v) is 21.6. The Labute approximate surface area is 213 Å². The third-order valence-electron chi connectivity index (χ3n) is 5.84. The second kappa shape index (κ2) is 10.9. The minimum Gasteiger partial charge on any atom is -0.451 e. The summed E-state index contributed by atoms with van der Waals surface area (Å²) in [5, 5.41) is 7.58. The largest absolute Gasteiger partial charge is 0.451 e. The molecule has 0 aliphatic carbocycles. The van der Waals surface area contributed by atoms with Crippen LogP contribution in [0.2, 0.25) is 0 Å². The Morgan fingerprint density at radius 2 is 2.03 bits per heavy atom. The Morgan fingerprint density at radius 1 is 1.25 bits per heavy atom. The number of amides is 2. The van der Waals surface area contributed by atoms with E-state index in [4.69, 9.17) is 4.42 Å². The quantitative estimate of drug-likeness (QED) is 0.455. The van der Waals surface area contributed by atoms with E-state index in [0.29, 0.717) is 18.4 Å². The maximum atomic E-state index is 13.4. The fraction of sp³-hybridized carbons (Fsp3) is 0.417. The number of Topliss-reactive ketones (excluding diaryl/α,β-unsaturated/α-hetero) is 1. The Bertz CT molecular complexity index is 1320. The van der Waals surface area contributed by atoms with Gasteiger partial charge in [0, 0.05) is 29.9 Å². The molecule has 1 saturated heterocycles. The highest BCUT2D eigenvalue weighted by Gasteiger charge is 2.40. The van der Waals surface area contributed by atoms with Gasteiger partial charge in [0.25, 0.3) is 15.9 Å². The first-order chi connectivity index (χ1) is 17.2. The van der Waals surface area contributed by atoms with Gasteiger partial charge < -0.3 is 15.1 Å². The maximum absolute atomic E-state index is 13.4. The fourth-order valence-corrected chi connectivity index (χ4v) is 6.62. The van der Waals surface area contributed by atoms with Gasteiger partial charge in [-0.05, 0) is 37.3 Å². The SMILES string of the molecule is CC(C)CC(NC(=O)c1cc2ccccc2o1)C(=O)N[C@@H]1C(=O)CCCCN1S(=O)(=O)c1nccs1. The predicted molar refractivity (Wildman–Crippen MR) is 134 cm³/mol. The van der Waals surface area contributed by atoms with E-state index < -0.39 is 39.8 Å². The molecule has 3 aromatic rings. The number of nitrogens with zero attached hydrogens (tertiary/aromatic N) is 2. The van der Waals surface area contributed by atoms with Crippen molar-refractivity contribution >= 4 is 49.9 Å². The van der Waals surface area contributed by atoms with Crippen LogP contribution in [0.5, 0.6) is 0 Å². The zero-order chi connectivity index (χ0) is 25.9. The summed E-state index contributed by atoms with van der Waals surface area (Å²) >= 11 is 0.943. The molecule has 0 spiro atoms. The number of benzene rings is 1. The molecular formula is C24H28N4O6S2. The standard InChI is InChI=1S/C24H28N4O6S2/c1-15(2)13-17(26-23(31)20-14-16-7-3-4-9-19(16)34-20)22(30)27-21-18(29)8-5-6-11-28(21)36(32,33)24-25-10-12-35-24/h3-4,7,9-10,12,14-15,17,21H,5-6,8,11,13H2,1-2H3,(H,26,31)(H,27,30)/t17?,21-/m0/s1. The van der Waals surface area contributed by atoms with E-state index in [9.17, 15) is 22.8 Å². The highest BCUT2D eigenvalue weighted by Crippen LogP contribution is 2.24. The molecule has 4 rings (SSSR count). The number of hydrogen-bond acceptors (Lipinski definition) is 8. The van der Waals surface area contributed by atoms with Crippen molar-refractivity contribution in [1.29, 1.82) is 0 Å². The van der Waals surface area contributed by atoms with Crippen LogP contribution < -0.4 is 10.6 Å². The van der Waals surface area contributed by atoms with Crippen molar-refractivity contribution in [1.82, 2.24) is 19.9 Å². The summed E-state index contributed by atoms with van der Waals surface area (Å²) in [6, 6.07) is 7.74. The minimum atomic E-state index is -4.10. The number of thiazole rings is 1. The molecule has 2 N–H and O–H groups in total. The molecule has 1 aromatic carbocycles. The summed E-state index contributed by atoms with van der Waals surface area (Å²) < 4.78 is 32.9. The number of carbonyl (C=O) groups excluding carboxylic acids is 3. The van der Waals surface area contributed by atoms with Gasteiger partial charge in [-0.3, -0.25) is 14.4 Å². The van der Waals surface area contributed by atoms with Crippen LogP contribution >= 0.6 is 11.3 Å². The van der Waals surface area contributed by atoms with Gasteiger partial charge in [0.2, 0.25) is 10.2 Å². The highest BCUT2D eigenvalue weighted by atomic mass is 32.2. The minimum absolute atomic E-state index is 0.0247. The molecule has 192 valence electrons. The average molecular weight is 533 g/mol. The lowest BCUT2D eigenvalue weighted by Gasteiger charge is -2.29. The molecule has 10 nitrogen and oxygen atoms in total. The Hall–Kier alpha value is -3.09. The van der Waals surface area contributed by atoms with Gasteiger partial charge in [0.05, 0.1) is 0 Å². The molecule has 36 heavy (non-hydrogen) atoms. The van der Waals surface area contributed by atoms with E-state index in [1.165, 1.54) is 11.6 Å². The second-order valence-electron chi connectivity index (χ2n) is 9.05. The van der Waals surface area contributed by atoms with Gasteiger partial charge in [-0.25, -0.2) is 13.4 Å². The number of ketones is 1. The monoisotopic (exact) mass is 532 g/mol. The summed E-state index contributed by atoms with van der Waals surface area (Å²) in [6.45, 7) is 3.85. The van der Waals surface area contributed by atoms with Gasteiger partial charge in [-0.1, -0.05) is 32.0 Å². The number of hydrogen-bond donors (Lipinski definition) is 2. The molecule has 1 fully saturated rings. The van der Waals surface area contributed by atoms with E-state index in [1.54, 1.807) is 18.2 Å². The molecule has 2 aromatic heterocycles. The molecule has 0 bridgehead atoms. The van der Waals surface area contributed by atoms with E-state index in [-0.39, 0.29) is 35.4 Å². The summed E-state index contributed by atoms with van der Waals surface area (Å²) in [6.07, 6.45) is 1.38. The normalized spacial score (nSPS) is 18.2. The molecular weight excluding hydrogens is 504 g/mol. The van der Waals surface area contributed by atoms with Crippen LogP contribution in [0.15, 0.2) is 50.7 Å². The number of rotatable bonds is 8. The van der Waals surface area contributed by atoms with Crippen molar-refractivity contribution in [3.05, 3.63) is 47.7 Å². The number of sulfonamides is 1. The predicted octanol–water partition coefficient (Wildman–Crippen LogP) is 2.92. The maximum Gasteiger partial charge on any atom is 0.287 e. The van der Waals surface area contributed by atoms with Crippen molar-refractivity contribution in [3.63, 3.8) is 0 Å². The van der Waals surface area contributed by atoms with Gasteiger partial charge in [0.15, 0.2) is 17.7 Å². The Kier molecular flexibility index (Phi) is 7.86. The number of fused-ring (bicyclic) bond motifs is 1. The van der Waals surface area contributed by atoms with Crippen LogP contribution in [0.4, 0.5) is 0 Å². The van der Waals surface area contributed by atoms with Crippen LogP contribution in [0.1, 0.15) is 50.1 Å². The molecule has 1 aliphatic heterocycles. The van der Waals surface area contributed by atoms with Gasteiger partial charge in [0.1, 0.15) is 11.6 Å². The van der Waals surface area contributed by atoms with Crippen molar-refractivity contribution in [2.75, 3.05) is 6.54 Å². The van der Waals surface area contributed by atoms with Crippen LogP contribution in [0.25, 0.3) is 11.0 Å². The number of aromatic nitrogens is 1. The summed E-state index contributed by atoms with van der Waals surface area (Å²) in [4.78, 5) is 43.1. The highest BCUT2D eigenvalue weighted by molar-refractivity contribution is 7.91. The van der Waals surface area contributed by atoms with E-state index in [0.717, 1.165) is 21.0 Å². The molecule has 0 saturated carbocycles. The van der Waals surface area contributed by atoms with Crippen LogP contribution in [0.3, 0.4) is 0 Å². The Balaban J connectivity index is 1.56. The first-order valence-corrected chi connectivity index (χ1v) is 14.0. The van der Waals surface area contributed by atoms with Crippen molar-refractivity contribution in [2.24, 2.45) is 5.92 Å². The third kappa shape index (κ3) is 5.66. The molecule has 1 aliphatic rings. The smallest absolute Gasteiger partial charge is 0.287 e. The van der Waals surface area contributed by atoms with Crippen molar-refractivity contribution in [3.8, 4) is 0 Å². The van der Waals surface area contributed by atoms with E-state index in [1.807, 2.05) is 26.0 Å². The number of carbonyl (C=O) groups is 3. The lowest BCUT2D eigenvalue weighted by atomic mass is 10.0.